The minimum absolute atomic E-state index is 0.108. The van der Waals surface area contributed by atoms with Gasteiger partial charge in [-0.3, -0.25) is 4.79 Å². The van der Waals surface area contributed by atoms with E-state index < -0.39 is 0 Å². The average Bonchev–Trinajstić information content (AvgIpc) is 2.73. The van der Waals surface area contributed by atoms with Crippen molar-refractivity contribution in [3.63, 3.8) is 0 Å². The van der Waals surface area contributed by atoms with Gasteiger partial charge >= 0.3 is 0 Å². The number of pyridine rings is 1. The largest absolute Gasteiger partial charge is 0.339 e. The van der Waals surface area contributed by atoms with Crippen molar-refractivity contribution >= 4 is 15.9 Å². The molecule has 0 saturated heterocycles. The predicted molar refractivity (Wildman–Crippen MR) is 65.9 cm³/mol. The Morgan fingerprint density at radius 1 is 1.53 bits per heavy atom. The Kier molecular flexibility index (Phi) is 3.42. The lowest BCUT2D eigenvalue weighted by Gasteiger charge is -2.01. The lowest BCUT2D eigenvalue weighted by atomic mass is 10.2. The molecule has 0 bridgehead atoms. The third-order valence-corrected chi connectivity index (χ3v) is 2.87. The van der Waals surface area contributed by atoms with Crippen molar-refractivity contribution in [2.75, 3.05) is 0 Å². The number of aromatic nitrogens is 3. The summed E-state index contributed by atoms with van der Waals surface area (Å²) in [6.07, 6.45) is 1.69. The van der Waals surface area contributed by atoms with Gasteiger partial charge in [-0.25, -0.2) is 0 Å². The third-order valence-electron chi connectivity index (χ3n) is 2.26. The van der Waals surface area contributed by atoms with E-state index in [9.17, 15) is 4.79 Å². The van der Waals surface area contributed by atoms with E-state index in [0.717, 1.165) is 0 Å². The summed E-state index contributed by atoms with van der Waals surface area (Å²) in [5, 5.41) is 3.84. The van der Waals surface area contributed by atoms with E-state index in [2.05, 4.69) is 26.1 Å². The highest BCUT2D eigenvalue weighted by Gasteiger charge is 2.10. The van der Waals surface area contributed by atoms with Gasteiger partial charge in [0.2, 0.25) is 5.89 Å². The lowest BCUT2D eigenvalue weighted by Crippen LogP contribution is -2.20. The molecule has 0 aromatic carbocycles. The van der Waals surface area contributed by atoms with Crippen molar-refractivity contribution in [3.05, 3.63) is 44.9 Å². The fraction of sp³-hybridized carbons (Fsp3) is 0.364. The summed E-state index contributed by atoms with van der Waals surface area (Å²) in [6.45, 7) is 4.26. The summed E-state index contributed by atoms with van der Waals surface area (Å²) in [4.78, 5) is 16.0. The van der Waals surface area contributed by atoms with Crippen molar-refractivity contribution < 1.29 is 4.52 Å². The molecule has 0 unspecified atom stereocenters. The Hall–Kier alpha value is -1.43. The smallest absolute Gasteiger partial charge is 0.265 e. The molecule has 2 aromatic rings. The SMILES string of the molecule is CC(C)c1nc(Cn2cccc(Br)c2=O)no1. The van der Waals surface area contributed by atoms with Crippen LogP contribution in [0.1, 0.15) is 31.5 Å². The first-order chi connectivity index (χ1) is 8.08. The highest BCUT2D eigenvalue weighted by atomic mass is 79.9. The number of nitrogens with zero attached hydrogens (tertiary/aromatic N) is 3. The molecule has 2 heterocycles. The van der Waals surface area contributed by atoms with Gasteiger partial charge in [-0.2, -0.15) is 4.98 Å². The second-order valence-electron chi connectivity index (χ2n) is 3.99. The zero-order valence-electron chi connectivity index (χ0n) is 9.55. The maximum Gasteiger partial charge on any atom is 0.265 e. The van der Waals surface area contributed by atoms with Gasteiger partial charge < -0.3 is 9.09 Å². The summed E-state index contributed by atoms with van der Waals surface area (Å²) >= 11 is 3.19. The molecule has 0 aliphatic rings. The molecule has 2 rings (SSSR count). The van der Waals surface area contributed by atoms with Crippen LogP contribution in [0.2, 0.25) is 0 Å². The first-order valence-corrected chi connectivity index (χ1v) is 6.04. The molecule has 2 aromatic heterocycles. The van der Waals surface area contributed by atoms with Crippen molar-refractivity contribution in [2.45, 2.75) is 26.3 Å². The van der Waals surface area contributed by atoms with Crippen LogP contribution in [-0.2, 0) is 6.54 Å². The molecule has 0 N–H and O–H groups in total. The first kappa shape index (κ1) is 12.0. The molecule has 0 amide bonds. The van der Waals surface area contributed by atoms with Gasteiger partial charge in [0, 0.05) is 12.1 Å². The lowest BCUT2D eigenvalue weighted by molar-refractivity contribution is 0.359. The summed E-state index contributed by atoms with van der Waals surface area (Å²) in [7, 11) is 0. The van der Waals surface area contributed by atoms with Crippen LogP contribution in [0, 0.1) is 0 Å². The summed E-state index contributed by atoms with van der Waals surface area (Å²) in [5.41, 5.74) is -0.108. The van der Waals surface area contributed by atoms with E-state index in [-0.39, 0.29) is 11.5 Å². The molecule has 0 fully saturated rings. The number of rotatable bonds is 3. The summed E-state index contributed by atoms with van der Waals surface area (Å²) in [5.74, 6) is 1.28. The molecule has 0 spiro atoms. The molecule has 6 heteroatoms. The Labute approximate surface area is 107 Å². The van der Waals surface area contributed by atoms with Gasteiger partial charge in [0.05, 0.1) is 11.0 Å². The molecule has 0 radical (unpaired) electrons. The standard InChI is InChI=1S/C11H12BrN3O2/c1-7(2)10-13-9(14-17-10)6-15-5-3-4-8(12)11(15)16/h3-5,7H,6H2,1-2H3. The Bertz CT molecular complexity index is 574. The molecule has 0 aliphatic carbocycles. The number of halogens is 1. The third kappa shape index (κ3) is 2.63. The average molecular weight is 298 g/mol. The zero-order valence-corrected chi connectivity index (χ0v) is 11.1. The van der Waals surface area contributed by atoms with Crippen LogP contribution in [-0.4, -0.2) is 14.7 Å². The van der Waals surface area contributed by atoms with Gasteiger partial charge in [0.1, 0.15) is 0 Å². The van der Waals surface area contributed by atoms with Crippen LogP contribution in [0.25, 0.3) is 0 Å². The molecular weight excluding hydrogens is 286 g/mol. The number of hydrogen-bond acceptors (Lipinski definition) is 4. The van der Waals surface area contributed by atoms with E-state index >= 15 is 0 Å². The van der Waals surface area contributed by atoms with Crippen molar-refractivity contribution in [1.82, 2.24) is 14.7 Å². The number of hydrogen-bond donors (Lipinski definition) is 0. The van der Waals surface area contributed by atoms with Crippen molar-refractivity contribution in [3.8, 4) is 0 Å². The second kappa shape index (κ2) is 4.83. The Morgan fingerprint density at radius 2 is 2.29 bits per heavy atom. The van der Waals surface area contributed by atoms with Gasteiger partial charge in [-0.15, -0.1) is 0 Å². The zero-order chi connectivity index (χ0) is 12.4. The Morgan fingerprint density at radius 3 is 2.94 bits per heavy atom. The monoisotopic (exact) mass is 297 g/mol. The maximum absolute atomic E-state index is 11.7. The van der Waals surface area contributed by atoms with Gasteiger partial charge in [0.25, 0.3) is 5.56 Å². The second-order valence-corrected chi connectivity index (χ2v) is 4.85. The fourth-order valence-corrected chi connectivity index (χ4v) is 1.73. The minimum Gasteiger partial charge on any atom is -0.339 e. The topological polar surface area (TPSA) is 60.9 Å². The van der Waals surface area contributed by atoms with Crippen LogP contribution < -0.4 is 5.56 Å². The molecule has 0 aliphatic heterocycles. The molecule has 5 nitrogen and oxygen atoms in total. The van der Waals surface area contributed by atoms with Crippen LogP contribution in [0.5, 0.6) is 0 Å². The maximum atomic E-state index is 11.7. The summed E-state index contributed by atoms with van der Waals surface area (Å²) < 4.78 is 7.13. The predicted octanol–water partition coefficient (Wildman–Crippen LogP) is 2.17. The quantitative estimate of drug-likeness (QED) is 0.871. The van der Waals surface area contributed by atoms with E-state index in [1.165, 1.54) is 4.57 Å². The van der Waals surface area contributed by atoms with Crippen LogP contribution >= 0.6 is 15.9 Å². The molecule has 0 atom stereocenters. The molecular formula is C11H12BrN3O2. The summed E-state index contributed by atoms with van der Waals surface area (Å²) in [6, 6.07) is 3.49. The van der Waals surface area contributed by atoms with Crippen LogP contribution in [0.3, 0.4) is 0 Å². The van der Waals surface area contributed by atoms with Gasteiger partial charge in [0.15, 0.2) is 5.82 Å². The minimum atomic E-state index is -0.108. The van der Waals surface area contributed by atoms with E-state index in [4.69, 9.17) is 4.52 Å². The molecule has 90 valence electrons. The highest BCUT2D eigenvalue weighted by molar-refractivity contribution is 9.10. The van der Waals surface area contributed by atoms with E-state index in [1.807, 2.05) is 13.8 Å². The van der Waals surface area contributed by atoms with Crippen molar-refractivity contribution in [1.29, 1.82) is 0 Å². The van der Waals surface area contributed by atoms with Crippen LogP contribution in [0.4, 0.5) is 0 Å². The molecule has 0 saturated carbocycles. The van der Waals surface area contributed by atoms with Crippen molar-refractivity contribution in [2.24, 2.45) is 0 Å². The van der Waals surface area contributed by atoms with Gasteiger partial charge in [-0.05, 0) is 28.1 Å². The van der Waals surface area contributed by atoms with Gasteiger partial charge in [-0.1, -0.05) is 19.0 Å². The normalized spacial score (nSPS) is 11.1. The fourth-order valence-electron chi connectivity index (χ4n) is 1.35. The Balaban J connectivity index is 2.26. The van der Waals surface area contributed by atoms with E-state index in [0.29, 0.717) is 22.7 Å². The molecule has 17 heavy (non-hydrogen) atoms. The first-order valence-electron chi connectivity index (χ1n) is 5.25. The van der Waals surface area contributed by atoms with E-state index in [1.54, 1.807) is 18.3 Å². The highest BCUT2D eigenvalue weighted by Crippen LogP contribution is 2.11. The van der Waals surface area contributed by atoms with Crippen LogP contribution in [0.15, 0.2) is 32.1 Å².